The van der Waals surface area contributed by atoms with Crippen molar-refractivity contribution < 1.29 is 0 Å². The topological polar surface area (TPSA) is 0 Å². The lowest BCUT2D eigenvalue weighted by Crippen LogP contribution is -2.03. The Labute approximate surface area is 420 Å². The number of hydrogen-bond acceptors (Lipinski definition) is 0. The first-order valence-corrected chi connectivity index (χ1v) is 25.5. The van der Waals surface area contributed by atoms with E-state index in [9.17, 15) is 0 Å². The van der Waals surface area contributed by atoms with Gasteiger partial charge in [-0.2, -0.15) is 0 Å². The standard InChI is InChI=1S/C70H46.C2H6/c1-3-44-34-38-62-55(37-35-49-25-24-43(2)65(44)70(49)62)47-28-30-48(31-29-47)66-56-18-8-10-20-58(56)68(59-21-11-9-19-57(59)66)54-36-39-63-64(42-54)69(53-33-27-46-15-5-7-17-51(46)41-53)61-23-13-12-22-60(61)67(63)52-32-26-45-14-4-6-16-50(45)40-52;1-2/h3-42H,1-2H3;1-2H3/b44-3-;. The van der Waals surface area contributed by atoms with Gasteiger partial charge in [0.25, 0.3) is 0 Å². The van der Waals surface area contributed by atoms with Gasteiger partial charge in [-0.1, -0.05) is 238 Å². The summed E-state index contributed by atoms with van der Waals surface area (Å²) in [5, 5.41) is 21.5. The van der Waals surface area contributed by atoms with Crippen LogP contribution in [0.25, 0.3) is 148 Å². The molecule has 0 aromatic heterocycles. The van der Waals surface area contributed by atoms with Gasteiger partial charge in [-0.3, -0.25) is 0 Å². The van der Waals surface area contributed by atoms with Crippen molar-refractivity contribution in [2.24, 2.45) is 0 Å². The average Bonchev–Trinajstić information content (AvgIpc) is 3.45. The predicted octanol–water partition coefficient (Wildman–Crippen LogP) is 20.1. The van der Waals surface area contributed by atoms with E-state index in [1.807, 2.05) is 13.8 Å². The lowest BCUT2D eigenvalue weighted by atomic mass is 9.82. The van der Waals surface area contributed by atoms with Crippen LogP contribution >= 0.6 is 0 Å². The molecule has 0 bridgehead atoms. The summed E-state index contributed by atoms with van der Waals surface area (Å²) in [6, 6.07) is 88.8. The minimum absolute atomic E-state index is 1.21. The van der Waals surface area contributed by atoms with E-state index in [1.165, 1.54) is 153 Å². The molecule has 0 heteroatoms. The predicted molar refractivity (Wildman–Crippen MR) is 315 cm³/mol. The van der Waals surface area contributed by atoms with Crippen molar-refractivity contribution in [1.82, 2.24) is 0 Å². The maximum Gasteiger partial charge on any atom is -0.00240 e. The lowest BCUT2D eigenvalue weighted by Gasteiger charge is -2.21. The number of aryl methyl sites for hydroxylation is 1. The molecule has 14 aromatic rings. The van der Waals surface area contributed by atoms with Gasteiger partial charge in [0.1, 0.15) is 0 Å². The molecule has 0 fully saturated rings. The Bertz CT molecular complexity index is 4470. The molecule has 0 saturated heterocycles. The van der Waals surface area contributed by atoms with E-state index >= 15 is 0 Å². The molecule has 14 aromatic carbocycles. The van der Waals surface area contributed by atoms with Crippen LogP contribution in [-0.4, -0.2) is 0 Å². The summed E-state index contributed by atoms with van der Waals surface area (Å²) >= 11 is 0. The quantitative estimate of drug-likeness (QED) is 0.151. The van der Waals surface area contributed by atoms with Gasteiger partial charge in [-0.05, 0) is 185 Å². The fourth-order valence-corrected chi connectivity index (χ4v) is 12.1. The van der Waals surface area contributed by atoms with Crippen molar-refractivity contribution in [3.05, 3.63) is 247 Å². The number of hydrogen-bond donors (Lipinski definition) is 0. The van der Waals surface area contributed by atoms with Crippen LogP contribution in [0.1, 0.15) is 26.3 Å². The molecule has 0 nitrogen and oxygen atoms in total. The van der Waals surface area contributed by atoms with Crippen molar-refractivity contribution in [2.75, 3.05) is 0 Å². The van der Waals surface area contributed by atoms with E-state index in [0.717, 1.165) is 0 Å². The summed E-state index contributed by atoms with van der Waals surface area (Å²) < 4.78 is 0. The van der Waals surface area contributed by atoms with Gasteiger partial charge in [0.15, 0.2) is 0 Å². The molecule has 0 spiro atoms. The Balaban J connectivity index is 0.00000249. The third-order valence-corrected chi connectivity index (χ3v) is 15.3. The molecule has 14 rings (SSSR count). The number of benzene rings is 14. The molecule has 0 amide bonds. The average molecular weight is 917 g/mol. The van der Waals surface area contributed by atoms with Gasteiger partial charge in [0, 0.05) is 0 Å². The molecule has 0 aliphatic rings. The Morgan fingerprint density at radius 1 is 0.264 bits per heavy atom. The minimum atomic E-state index is 1.21. The van der Waals surface area contributed by atoms with Crippen LogP contribution in [0.15, 0.2) is 237 Å². The second kappa shape index (κ2) is 17.5. The van der Waals surface area contributed by atoms with Gasteiger partial charge in [0.05, 0.1) is 0 Å². The molecule has 0 unspecified atom stereocenters. The highest BCUT2D eigenvalue weighted by Gasteiger charge is 2.22. The van der Waals surface area contributed by atoms with Crippen LogP contribution in [0.4, 0.5) is 0 Å². The highest BCUT2D eigenvalue weighted by Crippen LogP contribution is 2.49. The molecule has 0 aliphatic heterocycles. The fourth-order valence-electron chi connectivity index (χ4n) is 12.1. The molecular formula is C72H52. The van der Waals surface area contributed by atoms with Gasteiger partial charge >= 0.3 is 0 Å². The van der Waals surface area contributed by atoms with Gasteiger partial charge in [0.2, 0.25) is 0 Å². The summed E-state index contributed by atoms with van der Waals surface area (Å²) in [4.78, 5) is 0. The van der Waals surface area contributed by atoms with Crippen molar-refractivity contribution in [3.63, 3.8) is 0 Å². The molecule has 0 N–H and O–H groups in total. The lowest BCUT2D eigenvalue weighted by molar-refractivity contribution is 1.50. The maximum atomic E-state index is 2.50. The van der Waals surface area contributed by atoms with Gasteiger partial charge in [-0.25, -0.2) is 0 Å². The summed E-state index contributed by atoms with van der Waals surface area (Å²) in [5.41, 5.74) is 13.7. The van der Waals surface area contributed by atoms with Gasteiger partial charge in [-0.15, -0.1) is 0 Å². The van der Waals surface area contributed by atoms with E-state index < -0.39 is 0 Å². The van der Waals surface area contributed by atoms with Crippen LogP contribution in [0.2, 0.25) is 0 Å². The van der Waals surface area contributed by atoms with Crippen LogP contribution in [0.5, 0.6) is 0 Å². The molecule has 0 atom stereocenters. The van der Waals surface area contributed by atoms with Crippen LogP contribution in [0.3, 0.4) is 0 Å². The van der Waals surface area contributed by atoms with Gasteiger partial charge < -0.3 is 0 Å². The first kappa shape index (κ1) is 43.2. The first-order chi connectivity index (χ1) is 35.6. The summed E-state index contributed by atoms with van der Waals surface area (Å²) in [6.07, 6.45) is 2.23. The monoisotopic (exact) mass is 916 g/mol. The van der Waals surface area contributed by atoms with E-state index in [4.69, 9.17) is 0 Å². The smallest absolute Gasteiger partial charge is 0.00240 e. The molecule has 0 heterocycles. The zero-order chi connectivity index (χ0) is 48.5. The first-order valence-electron chi connectivity index (χ1n) is 25.5. The van der Waals surface area contributed by atoms with Crippen molar-refractivity contribution >= 4 is 92.3 Å². The van der Waals surface area contributed by atoms with E-state index in [1.54, 1.807) is 0 Å². The highest BCUT2D eigenvalue weighted by molar-refractivity contribution is 6.26. The van der Waals surface area contributed by atoms with Crippen molar-refractivity contribution in [3.8, 4) is 55.6 Å². The highest BCUT2D eigenvalue weighted by atomic mass is 14.2. The van der Waals surface area contributed by atoms with Crippen molar-refractivity contribution in [2.45, 2.75) is 27.7 Å². The SMILES string of the molecule is C/C=c1/ccc2c(-c3ccc(-c4c5ccccc5c(-c5ccc6c(-c7ccc8ccccc8c7)c7ccccc7c(-c7ccc8ccccc8c7)c6c5)c5ccccc45)cc3)ccc3ccc(C)c1c32.CC. The molecule has 0 radical (unpaired) electrons. The van der Waals surface area contributed by atoms with Crippen LogP contribution in [-0.2, 0) is 0 Å². The summed E-state index contributed by atoms with van der Waals surface area (Å²) in [5.74, 6) is 0. The molecule has 72 heavy (non-hydrogen) atoms. The summed E-state index contributed by atoms with van der Waals surface area (Å²) in [6.45, 7) is 8.37. The molecule has 0 saturated carbocycles. The van der Waals surface area contributed by atoms with E-state index in [0.29, 0.717) is 0 Å². The second-order valence-corrected chi connectivity index (χ2v) is 19.1. The molecular weight excluding hydrogens is 865 g/mol. The number of rotatable bonds is 5. The Morgan fingerprint density at radius 2 is 0.639 bits per heavy atom. The van der Waals surface area contributed by atoms with Crippen LogP contribution in [0, 0.1) is 6.92 Å². The third-order valence-electron chi connectivity index (χ3n) is 15.3. The third kappa shape index (κ3) is 6.82. The Hall–Kier alpha value is -8.84. The van der Waals surface area contributed by atoms with E-state index in [2.05, 4.69) is 257 Å². The normalized spacial score (nSPS) is 12.0. The molecule has 340 valence electrons. The summed E-state index contributed by atoms with van der Waals surface area (Å²) in [7, 11) is 0. The van der Waals surface area contributed by atoms with Crippen LogP contribution < -0.4 is 5.22 Å². The Kier molecular flexibility index (Phi) is 10.5. The second-order valence-electron chi connectivity index (χ2n) is 19.1. The number of fused-ring (bicyclic) bond motifs is 6. The minimum Gasteiger partial charge on any atom is -0.0798 e. The van der Waals surface area contributed by atoms with Crippen molar-refractivity contribution in [1.29, 1.82) is 0 Å². The maximum absolute atomic E-state index is 2.50. The fraction of sp³-hybridized carbons (Fsp3) is 0.0556. The largest absolute Gasteiger partial charge is 0.0798 e. The zero-order valence-corrected chi connectivity index (χ0v) is 41.1. The van der Waals surface area contributed by atoms with E-state index in [-0.39, 0.29) is 0 Å². The zero-order valence-electron chi connectivity index (χ0n) is 41.1. The molecule has 0 aliphatic carbocycles. The Morgan fingerprint density at radius 3 is 1.17 bits per heavy atom.